The third-order valence-electron chi connectivity index (χ3n) is 5.30. The van der Waals surface area contributed by atoms with Crippen LogP contribution in [0.5, 0.6) is 0 Å². The summed E-state index contributed by atoms with van der Waals surface area (Å²) in [6.45, 7) is 8.62. The molecule has 1 aliphatic carbocycles. The number of fused-ring (bicyclic) bond motifs is 1. The SMILES string of the molecule is CN=C(NCC(C)c1ccsc1)NC1C2CCOC2C1(C)C.I. The van der Waals surface area contributed by atoms with Crippen LogP contribution in [0.3, 0.4) is 0 Å². The maximum atomic E-state index is 5.86. The average Bonchev–Trinajstić information content (AvgIpc) is 3.17. The van der Waals surface area contributed by atoms with Crippen LogP contribution in [-0.2, 0) is 4.74 Å². The molecule has 1 aliphatic heterocycles. The van der Waals surface area contributed by atoms with Gasteiger partial charge in [-0.25, -0.2) is 0 Å². The predicted molar refractivity (Wildman–Crippen MR) is 108 cm³/mol. The van der Waals surface area contributed by atoms with Crippen molar-refractivity contribution in [2.45, 2.75) is 45.3 Å². The molecular weight excluding hydrogens is 421 g/mol. The Morgan fingerprint density at radius 2 is 2.30 bits per heavy atom. The molecule has 0 radical (unpaired) electrons. The molecule has 4 nitrogen and oxygen atoms in total. The summed E-state index contributed by atoms with van der Waals surface area (Å²) in [5, 5.41) is 11.5. The van der Waals surface area contributed by atoms with Crippen molar-refractivity contribution in [2.75, 3.05) is 20.2 Å². The van der Waals surface area contributed by atoms with Gasteiger partial charge in [0.15, 0.2) is 5.96 Å². The van der Waals surface area contributed by atoms with Crippen LogP contribution in [0.15, 0.2) is 21.8 Å². The third kappa shape index (κ3) is 3.69. The number of ether oxygens (including phenoxy) is 1. The van der Waals surface area contributed by atoms with Crippen molar-refractivity contribution < 1.29 is 4.74 Å². The van der Waals surface area contributed by atoms with Gasteiger partial charge >= 0.3 is 0 Å². The molecule has 1 aromatic rings. The van der Waals surface area contributed by atoms with E-state index in [1.165, 1.54) is 5.56 Å². The highest BCUT2D eigenvalue weighted by molar-refractivity contribution is 14.0. The second kappa shape index (κ2) is 7.70. The second-order valence-corrected chi connectivity index (χ2v) is 7.88. The first-order chi connectivity index (χ1) is 10.5. The molecule has 1 saturated carbocycles. The molecule has 3 rings (SSSR count). The van der Waals surface area contributed by atoms with Gasteiger partial charge in [0.05, 0.1) is 6.10 Å². The molecule has 0 amide bonds. The van der Waals surface area contributed by atoms with Crippen LogP contribution < -0.4 is 10.6 Å². The van der Waals surface area contributed by atoms with E-state index in [-0.39, 0.29) is 29.4 Å². The number of hydrogen-bond acceptors (Lipinski definition) is 3. The molecule has 2 fully saturated rings. The van der Waals surface area contributed by atoms with E-state index in [1.807, 2.05) is 7.05 Å². The summed E-state index contributed by atoms with van der Waals surface area (Å²) >= 11 is 1.75. The van der Waals surface area contributed by atoms with Crippen molar-refractivity contribution in [3.8, 4) is 0 Å². The van der Waals surface area contributed by atoms with Crippen molar-refractivity contribution in [2.24, 2.45) is 16.3 Å². The molecule has 6 heteroatoms. The van der Waals surface area contributed by atoms with E-state index in [2.05, 4.69) is 53.2 Å². The highest BCUT2D eigenvalue weighted by atomic mass is 127. The first-order valence-electron chi connectivity index (χ1n) is 8.15. The number of guanidine groups is 1. The van der Waals surface area contributed by atoms with Crippen LogP contribution in [0.25, 0.3) is 0 Å². The summed E-state index contributed by atoms with van der Waals surface area (Å²) in [7, 11) is 1.85. The minimum absolute atomic E-state index is 0. The van der Waals surface area contributed by atoms with Crippen LogP contribution in [0.1, 0.15) is 38.7 Å². The van der Waals surface area contributed by atoms with Gasteiger partial charge in [-0.15, -0.1) is 24.0 Å². The first kappa shape index (κ1) is 19.0. The lowest BCUT2D eigenvalue weighted by Gasteiger charge is -2.54. The van der Waals surface area contributed by atoms with Gasteiger partial charge in [-0.1, -0.05) is 20.8 Å². The zero-order valence-electron chi connectivity index (χ0n) is 14.3. The van der Waals surface area contributed by atoms with E-state index < -0.39 is 0 Å². The number of nitrogens with one attached hydrogen (secondary N) is 2. The Morgan fingerprint density at radius 1 is 1.52 bits per heavy atom. The van der Waals surface area contributed by atoms with Gasteiger partial charge < -0.3 is 15.4 Å². The summed E-state index contributed by atoms with van der Waals surface area (Å²) in [6.07, 6.45) is 1.57. The number of thiophene rings is 1. The van der Waals surface area contributed by atoms with Gasteiger partial charge in [0, 0.05) is 37.6 Å². The highest BCUT2D eigenvalue weighted by Crippen LogP contribution is 2.52. The smallest absolute Gasteiger partial charge is 0.191 e. The number of rotatable bonds is 4. The maximum absolute atomic E-state index is 5.86. The highest BCUT2D eigenvalue weighted by Gasteiger charge is 2.59. The Labute approximate surface area is 160 Å². The molecule has 0 bridgehead atoms. The monoisotopic (exact) mass is 449 g/mol. The lowest BCUT2D eigenvalue weighted by Crippen LogP contribution is -2.68. The fraction of sp³-hybridized carbons (Fsp3) is 0.706. The lowest BCUT2D eigenvalue weighted by atomic mass is 9.57. The van der Waals surface area contributed by atoms with Crippen molar-refractivity contribution in [1.82, 2.24) is 10.6 Å². The van der Waals surface area contributed by atoms with E-state index >= 15 is 0 Å². The topological polar surface area (TPSA) is 45.7 Å². The fourth-order valence-corrected chi connectivity index (χ4v) is 4.66. The van der Waals surface area contributed by atoms with Gasteiger partial charge in [0.1, 0.15) is 0 Å². The minimum atomic E-state index is 0. The molecule has 4 atom stereocenters. The van der Waals surface area contributed by atoms with Gasteiger partial charge in [-0.3, -0.25) is 4.99 Å². The normalized spacial score (nSPS) is 29.9. The van der Waals surface area contributed by atoms with E-state index in [1.54, 1.807) is 11.3 Å². The lowest BCUT2D eigenvalue weighted by molar-refractivity contribution is -0.106. The van der Waals surface area contributed by atoms with Crippen molar-refractivity contribution in [3.05, 3.63) is 22.4 Å². The molecule has 1 saturated heterocycles. The maximum Gasteiger partial charge on any atom is 0.191 e. The summed E-state index contributed by atoms with van der Waals surface area (Å²) in [4.78, 5) is 4.40. The quantitative estimate of drug-likeness (QED) is 0.421. The standard InChI is InChI=1S/C17H27N3OS.HI/c1-11(12-6-8-22-10-12)9-19-16(18-4)20-14-13-5-7-21-15(13)17(14,2)3;/h6,8,10-11,13-15H,5,7,9H2,1-4H3,(H2,18,19,20);1H. The van der Waals surface area contributed by atoms with Gasteiger partial charge in [-0.05, 0) is 34.7 Å². The van der Waals surface area contributed by atoms with Gasteiger partial charge in [0.2, 0.25) is 0 Å². The van der Waals surface area contributed by atoms with E-state index in [9.17, 15) is 0 Å². The molecule has 130 valence electrons. The van der Waals surface area contributed by atoms with Crippen LogP contribution in [0, 0.1) is 11.3 Å². The molecule has 1 aromatic heterocycles. The summed E-state index contributed by atoms with van der Waals surface area (Å²) in [6, 6.07) is 2.64. The molecule has 2 heterocycles. The predicted octanol–water partition coefficient (Wildman–Crippen LogP) is 3.45. The minimum Gasteiger partial charge on any atom is -0.377 e. The second-order valence-electron chi connectivity index (χ2n) is 7.10. The summed E-state index contributed by atoms with van der Waals surface area (Å²) in [5.41, 5.74) is 1.57. The number of hydrogen-bond donors (Lipinski definition) is 2. The molecule has 2 aliphatic rings. The average molecular weight is 449 g/mol. The summed E-state index contributed by atoms with van der Waals surface area (Å²) in [5.74, 6) is 2.02. The molecule has 4 unspecified atom stereocenters. The number of halogens is 1. The molecular formula is C17H28IN3OS. The zero-order chi connectivity index (χ0) is 15.7. The van der Waals surface area contributed by atoms with Crippen molar-refractivity contribution in [3.63, 3.8) is 0 Å². The third-order valence-corrected chi connectivity index (χ3v) is 6.01. The Morgan fingerprint density at radius 3 is 2.96 bits per heavy atom. The van der Waals surface area contributed by atoms with Crippen LogP contribution in [0.4, 0.5) is 0 Å². The number of aliphatic imine (C=N–C) groups is 1. The van der Waals surface area contributed by atoms with Crippen LogP contribution >= 0.6 is 35.3 Å². The summed E-state index contributed by atoms with van der Waals surface area (Å²) < 4.78 is 5.86. The Hall–Kier alpha value is -0.340. The molecule has 2 N–H and O–H groups in total. The van der Waals surface area contributed by atoms with E-state index in [0.717, 1.165) is 25.5 Å². The van der Waals surface area contributed by atoms with Crippen molar-refractivity contribution in [1.29, 1.82) is 0 Å². The van der Waals surface area contributed by atoms with Crippen LogP contribution in [-0.4, -0.2) is 38.3 Å². The fourth-order valence-electron chi connectivity index (χ4n) is 3.88. The van der Waals surface area contributed by atoms with E-state index in [4.69, 9.17) is 4.74 Å². The van der Waals surface area contributed by atoms with Crippen molar-refractivity contribution >= 4 is 41.3 Å². The van der Waals surface area contributed by atoms with Crippen LogP contribution in [0.2, 0.25) is 0 Å². The Kier molecular flexibility index (Phi) is 6.35. The Bertz CT molecular complexity index is 532. The molecule has 23 heavy (non-hydrogen) atoms. The first-order valence-corrected chi connectivity index (χ1v) is 9.09. The molecule has 0 spiro atoms. The zero-order valence-corrected chi connectivity index (χ0v) is 17.5. The largest absolute Gasteiger partial charge is 0.377 e. The Balaban J connectivity index is 0.00000192. The number of nitrogens with zero attached hydrogens (tertiary/aromatic N) is 1. The molecule has 0 aromatic carbocycles. The van der Waals surface area contributed by atoms with E-state index in [0.29, 0.717) is 24.0 Å². The van der Waals surface area contributed by atoms with Gasteiger partial charge in [-0.2, -0.15) is 11.3 Å². The van der Waals surface area contributed by atoms with Gasteiger partial charge in [0.25, 0.3) is 0 Å².